The first kappa shape index (κ1) is 31.9. The summed E-state index contributed by atoms with van der Waals surface area (Å²) in [5.41, 5.74) is 0.836. The Bertz CT molecular complexity index is 1560. The second kappa shape index (κ2) is 14.0. The fraction of sp³-hybridized carbons (Fsp3) is 0.419. The summed E-state index contributed by atoms with van der Waals surface area (Å²) in [5, 5.41) is 9.32. The van der Waals surface area contributed by atoms with Crippen LogP contribution in [-0.2, 0) is 6.42 Å². The van der Waals surface area contributed by atoms with Crippen LogP contribution in [0.1, 0.15) is 46.5 Å². The molecule has 1 aliphatic carbocycles. The van der Waals surface area contributed by atoms with E-state index in [2.05, 4.69) is 51.6 Å². The summed E-state index contributed by atoms with van der Waals surface area (Å²) in [6.45, 7) is 6.56. The van der Waals surface area contributed by atoms with Gasteiger partial charge in [0.2, 0.25) is 0 Å². The van der Waals surface area contributed by atoms with Gasteiger partial charge >= 0.3 is 12.9 Å². The number of hydrogen-bond donors (Lipinski definition) is 3. The van der Waals surface area contributed by atoms with Crippen LogP contribution in [0.5, 0.6) is 5.75 Å². The molecule has 3 N–H and O–H groups in total. The van der Waals surface area contributed by atoms with Gasteiger partial charge in [-0.05, 0) is 62.9 Å². The first-order chi connectivity index (χ1) is 20.5. The molecule has 2 aromatic carbocycles. The van der Waals surface area contributed by atoms with Crippen LogP contribution in [0.15, 0.2) is 30.3 Å². The quantitative estimate of drug-likeness (QED) is 0.146. The van der Waals surface area contributed by atoms with Crippen LogP contribution in [-0.4, -0.2) is 63.5 Å². The zero-order valence-corrected chi connectivity index (χ0v) is 24.9. The van der Waals surface area contributed by atoms with Crippen LogP contribution in [0.3, 0.4) is 0 Å². The number of halogens is 4. The van der Waals surface area contributed by atoms with Crippen molar-refractivity contribution in [2.45, 2.75) is 50.4 Å². The molecule has 228 valence electrons. The van der Waals surface area contributed by atoms with E-state index >= 15 is 0 Å². The number of nitrogens with zero attached hydrogens (tertiary/aromatic N) is 2. The van der Waals surface area contributed by atoms with Crippen molar-refractivity contribution in [2.75, 3.05) is 45.1 Å². The van der Waals surface area contributed by atoms with Gasteiger partial charge in [-0.2, -0.15) is 13.2 Å². The number of benzene rings is 2. The highest BCUT2D eigenvalue weighted by Gasteiger charge is 2.31. The Morgan fingerprint density at radius 2 is 1.93 bits per heavy atom. The maximum atomic E-state index is 14.6. The number of hydrogen-bond acceptors (Lipinski definition) is 6. The van der Waals surface area contributed by atoms with Gasteiger partial charge < -0.3 is 25.6 Å². The average molecular weight is 616 g/mol. The van der Waals surface area contributed by atoms with E-state index in [1.807, 2.05) is 6.07 Å². The van der Waals surface area contributed by atoms with Crippen molar-refractivity contribution in [3.8, 4) is 17.6 Å². The fourth-order valence-electron chi connectivity index (χ4n) is 5.20. The molecule has 0 aliphatic heterocycles. The molecule has 1 heterocycles. The van der Waals surface area contributed by atoms with Crippen molar-refractivity contribution in [1.29, 1.82) is 0 Å². The predicted molar refractivity (Wildman–Crippen MR) is 162 cm³/mol. The molecule has 1 saturated carbocycles. The van der Waals surface area contributed by atoms with Gasteiger partial charge in [-0.1, -0.05) is 24.0 Å². The summed E-state index contributed by atoms with van der Waals surface area (Å²) in [6, 6.07) is 8.38. The lowest BCUT2D eigenvalue weighted by atomic mass is 9.90. The minimum atomic E-state index is -4.42. The highest BCUT2D eigenvalue weighted by molar-refractivity contribution is 7.20. The Morgan fingerprint density at radius 1 is 1.19 bits per heavy atom. The second-order valence-electron chi connectivity index (χ2n) is 10.5. The normalized spacial score (nSPS) is 16.7. The highest BCUT2D eigenvalue weighted by atomic mass is 32.1. The van der Waals surface area contributed by atoms with Gasteiger partial charge in [0.25, 0.3) is 5.91 Å². The Kier molecular flexibility index (Phi) is 10.4. The molecule has 0 radical (unpaired) electrons. The van der Waals surface area contributed by atoms with Crippen molar-refractivity contribution < 1.29 is 27.1 Å². The standard InChI is InChI=1S/C31H33F4N5O2S/c1-36-18-42-27-15-22(30(41)37-2)24(32)16-26(27)38-14-6-9-28-23(17-31(33,34)35)21-7-5-8-25(29(21)43-28)39-19-10-12-20(13-11-19)40(3)4/h5,7-8,15-16,19-20,38-39H,10-14,17-18H2,2-4H3,(H,37,41). The topological polar surface area (TPSA) is 70.0 Å². The molecule has 1 amide bonds. The summed E-state index contributed by atoms with van der Waals surface area (Å²) in [5.74, 6) is 4.34. The molecule has 0 unspecified atom stereocenters. The summed E-state index contributed by atoms with van der Waals surface area (Å²) < 4.78 is 61.6. The Morgan fingerprint density at radius 3 is 2.58 bits per heavy atom. The molecule has 0 saturated heterocycles. The maximum absolute atomic E-state index is 14.6. The molecule has 1 aromatic heterocycles. The SMILES string of the molecule is [C-]#[N+]COc1cc(C(=O)NC)c(F)cc1NCC#Cc1sc2c(NC3CCC(N(C)C)CC3)cccc2c1CC(F)(F)F. The van der Waals surface area contributed by atoms with Crippen molar-refractivity contribution >= 4 is 38.7 Å². The van der Waals surface area contributed by atoms with E-state index in [0.29, 0.717) is 16.3 Å². The highest BCUT2D eigenvalue weighted by Crippen LogP contribution is 2.40. The molecule has 4 rings (SSSR count). The smallest absolute Gasteiger partial charge is 0.393 e. The van der Waals surface area contributed by atoms with Gasteiger partial charge in [0.15, 0.2) is 5.75 Å². The Labute approximate surface area is 252 Å². The number of anilines is 2. The third kappa shape index (κ3) is 8.09. The zero-order chi connectivity index (χ0) is 31.1. The number of thiophene rings is 1. The number of carbonyl (C=O) groups excluding carboxylic acids is 1. The average Bonchev–Trinajstić information content (AvgIpc) is 3.31. The summed E-state index contributed by atoms with van der Waals surface area (Å²) in [7, 11) is 5.52. The van der Waals surface area contributed by atoms with E-state index in [9.17, 15) is 22.4 Å². The fourth-order valence-corrected chi connectivity index (χ4v) is 6.37. The molecule has 43 heavy (non-hydrogen) atoms. The minimum Gasteiger partial charge on any atom is -0.424 e. The molecule has 1 fully saturated rings. The largest absolute Gasteiger partial charge is 0.424 e. The van der Waals surface area contributed by atoms with Crippen molar-refractivity contribution in [2.24, 2.45) is 0 Å². The molecule has 0 atom stereocenters. The van der Waals surface area contributed by atoms with E-state index in [1.165, 1.54) is 24.5 Å². The number of fused-ring (bicyclic) bond motifs is 1. The second-order valence-corrected chi connectivity index (χ2v) is 11.5. The van der Waals surface area contributed by atoms with E-state index in [-0.39, 0.29) is 41.9 Å². The number of amides is 1. The summed E-state index contributed by atoms with van der Waals surface area (Å²) >= 11 is 1.22. The summed E-state index contributed by atoms with van der Waals surface area (Å²) in [6.07, 6.45) is -1.47. The number of rotatable bonds is 9. The lowest BCUT2D eigenvalue weighted by Crippen LogP contribution is -2.36. The van der Waals surface area contributed by atoms with Crippen molar-refractivity contribution in [1.82, 2.24) is 10.2 Å². The van der Waals surface area contributed by atoms with Crippen LogP contribution < -0.4 is 20.7 Å². The van der Waals surface area contributed by atoms with Gasteiger partial charge in [0.05, 0.1) is 39.5 Å². The third-order valence-corrected chi connectivity index (χ3v) is 8.57. The predicted octanol–water partition coefficient (Wildman–Crippen LogP) is 6.51. The lowest BCUT2D eigenvalue weighted by molar-refractivity contribution is -0.126. The van der Waals surface area contributed by atoms with Crippen LogP contribution in [0.4, 0.5) is 28.9 Å². The van der Waals surface area contributed by atoms with Gasteiger partial charge in [0.1, 0.15) is 5.82 Å². The van der Waals surface area contributed by atoms with Crippen LogP contribution in [0.25, 0.3) is 14.9 Å². The molecular weight excluding hydrogens is 582 g/mol. The monoisotopic (exact) mass is 615 g/mol. The van der Waals surface area contributed by atoms with Crippen molar-refractivity contribution in [3.05, 3.63) is 63.6 Å². The number of alkyl halides is 3. The van der Waals surface area contributed by atoms with Crippen LogP contribution in [0.2, 0.25) is 0 Å². The maximum Gasteiger partial charge on any atom is 0.393 e. The molecule has 0 spiro atoms. The Hall–Kier alpha value is -4.00. The van der Waals surface area contributed by atoms with Gasteiger partial charge in [0, 0.05) is 25.2 Å². The molecule has 7 nitrogen and oxygen atoms in total. The Balaban J connectivity index is 1.59. The third-order valence-electron chi connectivity index (χ3n) is 7.38. The first-order valence-corrected chi connectivity index (χ1v) is 14.6. The van der Waals surface area contributed by atoms with E-state index in [1.54, 1.807) is 12.1 Å². The van der Waals surface area contributed by atoms with Crippen LogP contribution in [0, 0.1) is 24.2 Å². The van der Waals surface area contributed by atoms with E-state index < -0.39 is 24.3 Å². The molecular formula is C31H33F4N5O2S. The van der Waals surface area contributed by atoms with E-state index in [0.717, 1.165) is 42.1 Å². The lowest BCUT2D eigenvalue weighted by Gasteiger charge is -2.33. The minimum absolute atomic E-state index is 0.0485. The number of carbonyl (C=O) groups is 1. The van der Waals surface area contributed by atoms with Gasteiger partial charge in [-0.25, -0.2) is 11.0 Å². The first-order valence-electron chi connectivity index (χ1n) is 13.8. The van der Waals surface area contributed by atoms with Crippen molar-refractivity contribution in [3.63, 3.8) is 0 Å². The molecule has 0 bridgehead atoms. The molecule has 1 aliphatic rings. The zero-order valence-electron chi connectivity index (χ0n) is 24.1. The van der Waals surface area contributed by atoms with Crippen LogP contribution >= 0.6 is 11.3 Å². The molecule has 12 heteroatoms. The number of nitrogens with one attached hydrogen (secondary N) is 3. The van der Waals surface area contributed by atoms with Gasteiger partial charge in [-0.15, -0.1) is 11.3 Å². The number of ether oxygens (including phenoxy) is 1. The van der Waals surface area contributed by atoms with Gasteiger partial charge in [-0.3, -0.25) is 9.64 Å². The molecule has 3 aromatic rings. The summed E-state index contributed by atoms with van der Waals surface area (Å²) in [4.78, 5) is 17.6. The van der Waals surface area contributed by atoms with E-state index in [4.69, 9.17) is 11.3 Å².